The Bertz CT molecular complexity index is 972. The lowest BCUT2D eigenvalue weighted by molar-refractivity contribution is -0.130. The molecule has 0 bridgehead atoms. The first-order chi connectivity index (χ1) is 13.9. The quantitative estimate of drug-likeness (QED) is 0.683. The average molecular weight is 456 g/mol. The normalized spacial score (nSPS) is 22.1. The van der Waals surface area contributed by atoms with Gasteiger partial charge in [0.2, 0.25) is 11.1 Å². The van der Waals surface area contributed by atoms with Crippen molar-refractivity contribution < 1.29 is 13.2 Å². The van der Waals surface area contributed by atoms with E-state index in [1.165, 1.54) is 11.8 Å². The molecule has 0 radical (unpaired) electrons. The Morgan fingerprint density at radius 2 is 1.93 bits per heavy atom. The highest BCUT2D eigenvalue weighted by Gasteiger charge is 2.34. The zero-order chi connectivity index (χ0) is 20.4. The molecule has 2 aromatic rings. The Hall–Kier alpha value is -1.62. The van der Waals surface area contributed by atoms with Crippen LogP contribution >= 0.6 is 23.4 Å². The summed E-state index contributed by atoms with van der Waals surface area (Å²) in [5.41, 5.74) is 0.880. The molecule has 29 heavy (non-hydrogen) atoms. The Kier molecular flexibility index (Phi) is 6.14. The van der Waals surface area contributed by atoms with E-state index in [-0.39, 0.29) is 29.2 Å². The van der Waals surface area contributed by atoms with E-state index in [0.717, 1.165) is 18.7 Å². The first kappa shape index (κ1) is 20.6. The number of amides is 1. The van der Waals surface area contributed by atoms with E-state index < -0.39 is 9.84 Å². The number of piperazine rings is 1. The van der Waals surface area contributed by atoms with Crippen molar-refractivity contribution in [3.05, 3.63) is 29.3 Å². The molecule has 1 atom stereocenters. The molecule has 11 heteroatoms. The molecule has 156 valence electrons. The molecule has 0 spiro atoms. The van der Waals surface area contributed by atoms with Crippen LogP contribution in [0.15, 0.2) is 29.4 Å². The fraction of sp³-hybridized carbons (Fsp3) is 0.500. The van der Waals surface area contributed by atoms with E-state index in [9.17, 15) is 13.2 Å². The zero-order valence-electron chi connectivity index (χ0n) is 15.8. The lowest BCUT2D eigenvalue weighted by Crippen LogP contribution is -2.52. The number of nitrogens with one attached hydrogen (secondary N) is 1. The third kappa shape index (κ3) is 5.11. The number of carbonyl (C=O) groups excluding carboxylic acids is 1. The van der Waals surface area contributed by atoms with Gasteiger partial charge in [0.1, 0.15) is 0 Å². The standard InChI is InChI=1S/C18H22ClN5O3S2/c19-14-3-1-13(2-4-14)17-20-18(22-21-17)28-11-16(25)24-8-6-23(7-9-24)15-5-10-29(26,27)12-15/h1-4,15H,5-12H2,(H,20,21,22)/t15-/m1/s1. The predicted molar refractivity (Wildman–Crippen MR) is 113 cm³/mol. The fourth-order valence-electron chi connectivity index (χ4n) is 3.67. The molecular formula is C18H22ClN5O3S2. The molecule has 2 saturated heterocycles. The molecule has 4 rings (SSSR count). The Morgan fingerprint density at radius 1 is 1.21 bits per heavy atom. The molecule has 0 aliphatic carbocycles. The van der Waals surface area contributed by atoms with E-state index in [4.69, 9.17) is 11.6 Å². The second-order valence-corrected chi connectivity index (χ2v) is 10.8. The molecule has 2 aliphatic heterocycles. The molecule has 1 N–H and O–H groups in total. The fourth-order valence-corrected chi connectivity index (χ4v) is 6.25. The maximum atomic E-state index is 12.5. The molecule has 1 aromatic heterocycles. The number of aromatic nitrogens is 3. The molecule has 8 nitrogen and oxygen atoms in total. The van der Waals surface area contributed by atoms with Crippen LogP contribution in [0.3, 0.4) is 0 Å². The van der Waals surface area contributed by atoms with Gasteiger partial charge in [0, 0.05) is 42.8 Å². The number of carbonyl (C=O) groups is 1. The SMILES string of the molecule is O=C(CSc1n[nH]c(-c2ccc(Cl)cc2)n1)N1CCN([C@@H]2CCS(=O)(=O)C2)CC1. The smallest absolute Gasteiger partial charge is 0.233 e. The van der Waals surface area contributed by atoms with Crippen LogP contribution in [0.2, 0.25) is 5.02 Å². The molecule has 2 fully saturated rings. The monoisotopic (exact) mass is 455 g/mol. The topological polar surface area (TPSA) is 99.3 Å². The third-order valence-electron chi connectivity index (χ3n) is 5.30. The Labute approximate surface area is 178 Å². The van der Waals surface area contributed by atoms with Crippen LogP contribution in [-0.4, -0.2) is 88.8 Å². The van der Waals surface area contributed by atoms with Crippen molar-refractivity contribution in [1.82, 2.24) is 25.0 Å². The van der Waals surface area contributed by atoms with Gasteiger partial charge in [-0.1, -0.05) is 23.4 Å². The summed E-state index contributed by atoms with van der Waals surface area (Å²) in [6, 6.07) is 7.40. The maximum absolute atomic E-state index is 12.5. The number of hydrogen-bond donors (Lipinski definition) is 1. The zero-order valence-corrected chi connectivity index (χ0v) is 18.1. The van der Waals surface area contributed by atoms with Crippen molar-refractivity contribution in [2.24, 2.45) is 0 Å². The van der Waals surface area contributed by atoms with Crippen LogP contribution in [0, 0.1) is 0 Å². The van der Waals surface area contributed by atoms with Gasteiger partial charge in [0.15, 0.2) is 15.7 Å². The highest BCUT2D eigenvalue weighted by atomic mass is 35.5. The first-order valence-corrected chi connectivity index (χ1v) is 12.6. The number of rotatable bonds is 5. The average Bonchev–Trinajstić information content (AvgIpc) is 3.33. The van der Waals surface area contributed by atoms with Gasteiger partial charge in [0.25, 0.3) is 0 Å². The number of thioether (sulfide) groups is 1. The Balaban J connectivity index is 1.25. The third-order valence-corrected chi connectivity index (χ3v) is 8.13. The van der Waals surface area contributed by atoms with Crippen molar-refractivity contribution in [1.29, 1.82) is 0 Å². The Morgan fingerprint density at radius 3 is 2.59 bits per heavy atom. The minimum Gasteiger partial charge on any atom is -0.339 e. The van der Waals surface area contributed by atoms with Gasteiger partial charge in [0.05, 0.1) is 17.3 Å². The number of H-pyrrole nitrogens is 1. The van der Waals surface area contributed by atoms with E-state index in [1.54, 1.807) is 12.1 Å². The first-order valence-electron chi connectivity index (χ1n) is 9.43. The summed E-state index contributed by atoms with van der Waals surface area (Å²) in [5.74, 6) is 1.48. The minimum atomic E-state index is -2.88. The van der Waals surface area contributed by atoms with Crippen LogP contribution in [0.4, 0.5) is 0 Å². The van der Waals surface area contributed by atoms with Crippen molar-refractivity contribution in [2.45, 2.75) is 17.6 Å². The van der Waals surface area contributed by atoms with Crippen LogP contribution in [0.1, 0.15) is 6.42 Å². The summed E-state index contributed by atoms with van der Waals surface area (Å²) in [4.78, 5) is 21.0. The molecule has 1 aromatic carbocycles. The van der Waals surface area contributed by atoms with Gasteiger partial charge in [-0.25, -0.2) is 13.4 Å². The number of sulfone groups is 1. The van der Waals surface area contributed by atoms with Gasteiger partial charge < -0.3 is 4.90 Å². The van der Waals surface area contributed by atoms with Crippen molar-refractivity contribution in [2.75, 3.05) is 43.4 Å². The van der Waals surface area contributed by atoms with Crippen LogP contribution in [0.25, 0.3) is 11.4 Å². The predicted octanol–water partition coefficient (Wildman–Crippen LogP) is 1.55. The van der Waals surface area contributed by atoms with Gasteiger partial charge >= 0.3 is 0 Å². The molecular weight excluding hydrogens is 434 g/mol. The van der Waals surface area contributed by atoms with E-state index in [0.29, 0.717) is 35.5 Å². The van der Waals surface area contributed by atoms with Crippen LogP contribution in [0.5, 0.6) is 0 Å². The van der Waals surface area contributed by atoms with Crippen LogP contribution in [-0.2, 0) is 14.6 Å². The van der Waals surface area contributed by atoms with Gasteiger partial charge in [-0.2, -0.15) is 0 Å². The lowest BCUT2D eigenvalue weighted by atomic mass is 10.2. The number of halogens is 1. The summed E-state index contributed by atoms with van der Waals surface area (Å²) >= 11 is 7.20. The highest BCUT2D eigenvalue weighted by Crippen LogP contribution is 2.22. The van der Waals surface area contributed by atoms with Crippen molar-refractivity contribution in [3.63, 3.8) is 0 Å². The summed E-state index contributed by atoms with van der Waals surface area (Å²) in [7, 11) is -2.88. The summed E-state index contributed by atoms with van der Waals surface area (Å²) < 4.78 is 23.3. The maximum Gasteiger partial charge on any atom is 0.233 e. The van der Waals surface area contributed by atoms with Crippen molar-refractivity contribution in [3.8, 4) is 11.4 Å². The minimum absolute atomic E-state index is 0.0477. The summed E-state index contributed by atoms with van der Waals surface area (Å²) in [6.07, 6.45) is 0.701. The molecule has 2 aliphatic rings. The van der Waals surface area contributed by atoms with E-state index >= 15 is 0 Å². The number of nitrogens with zero attached hydrogens (tertiary/aromatic N) is 4. The summed E-state index contributed by atoms with van der Waals surface area (Å²) in [6.45, 7) is 2.69. The lowest BCUT2D eigenvalue weighted by Gasteiger charge is -2.37. The van der Waals surface area contributed by atoms with E-state index in [2.05, 4.69) is 20.1 Å². The second-order valence-electron chi connectivity index (χ2n) is 7.24. The largest absolute Gasteiger partial charge is 0.339 e. The van der Waals surface area contributed by atoms with E-state index in [1.807, 2.05) is 17.0 Å². The molecule has 3 heterocycles. The summed E-state index contributed by atoms with van der Waals surface area (Å²) in [5, 5.41) is 8.23. The second kappa shape index (κ2) is 8.63. The highest BCUT2D eigenvalue weighted by molar-refractivity contribution is 7.99. The number of hydrogen-bond acceptors (Lipinski definition) is 7. The van der Waals surface area contributed by atoms with Gasteiger partial charge in [-0.3, -0.25) is 14.8 Å². The van der Waals surface area contributed by atoms with Crippen LogP contribution < -0.4 is 0 Å². The molecule has 0 unspecified atom stereocenters. The number of aromatic amines is 1. The molecule has 0 saturated carbocycles. The van der Waals surface area contributed by atoms with Gasteiger partial charge in [-0.15, -0.1) is 5.10 Å². The number of benzene rings is 1. The van der Waals surface area contributed by atoms with Crippen molar-refractivity contribution >= 4 is 39.1 Å². The molecule has 1 amide bonds. The van der Waals surface area contributed by atoms with Gasteiger partial charge in [-0.05, 0) is 30.7 Å².